The van der Waals surface area contributed by atoms with Crippen molar-refractivity contribution in [3.63, 3.8) is 0 Å². The van der Waals surface area contributed by atoms with Crippen molar-refractivity contribution in [2.75, 3.05) is 7.11 Å². The van der Waals surface area contributed by atoms with Crippen molar-refractivity contribution in [3.05, 3.63) is 22.3 Å². The van der Waals surface area contributed by atoms with Crippen molar-refractivity contribution >= 4 is 27.7 Å². The van der Waals surface area contributed by atoms with Crippen molar-refractivity contribution in [2.24, 2.45) is 0 Å². The summed E-state index contributed by atoms with van der Waals surface area (Å²) < 4.78 is 5.22. The van der Waals surface area contributed by atoms with Crippen LogP contribution in [0.2, 0.25) is 0 Å². The third-order valence-electron chi connectivity index (χ3n) is 2.56. The summed E-state index contributed by atoms with van der Waals surface area (Å²) in [6, 6.07) is 0. The number of ether oxygens (including phenoxy) is 1. The first kappa shape index (κ1) is 11.9. The first-order valence-corrected chi connectivity index (χ1v) is 5.88. The van der Waals surface area contributed by atoms with E-state index in [0.29, 0.717) is 11.1 Å². The Kier molecular flexibility index (Phi) is 3.08. The summed E-state index contributed by atoms with van der Waals surface area (Å²) in [5, 5.41) is 10.0. The van der Waals surface area contributed by atoms with Gasteiger partial charge in [-0.1, -0.05) is 11.3 Å². The van der Waals surface area contributed by atoms with Gasteiger partial charge in [-0.05, 0) is 13.8 Å². The minimum Gasteiger partial charge on any atom is -0.478 e. The summed E-state index contributed by atoms with van der Waals surface area (Å²) in [6.07, 6.45) is 1.04. The van der Waals surface area contributed by atoms with E-state index in [2.05, 4.69) is 9.97 Å². The van der Waals surface area contributed by atoms with Gasteiger partial charge in [-0.15, -0.1) is 0 Å². The lowest BCUT2D eigenvalue weighted by Gasteiger charge is -2.12. The highest BCUT2D eigenvalue weighted by atomic mass is 32.1. The van der Waals surface area contributed by atoms with E-state index in [1.54, 1.807) is 14.0 Å². The number of thiazole rings is 1. The molecule has 0 unspecified atom stereocenters. The average Bonchev–Trinajstić information content (AvgIpc) is 2.66. The predicted molar refractivity (Wildman–Crippen MR) is 64.5 cm³/mol. The van der Waals surface area contributed by atoms with Crippen LogP contribution in [-0.4, -0.2) is 28.2 Å². The normalized spacial score (nSPS) is 12.9. The Hall–Kier alpha value is -1.53. The standard InChI is InChI=1S/C11H12N2O3S/c1-5(16-3)8-7(11(14)15)4-12-10-9(8)13-6(2)17-10/h4-5H,1-3H3,(H,14,15)/t5-/m0/s1. The number of nitrogens with zero attached hydrogens (tertiary/aromatic N) is 2. The van der Waals surface area contributed by atoms with Crippen LogP contribution in [-0.2, 0) is 4.74 Å². The number of carbonyl (C=O) groups is 1. The number of methoxy groups -OCH3 is 1. The van der Waals surface area contributed by atoms with Gasteiger partial charge in [-0.3, -0.25) is 0 Å². The molecular weight excluding hydrogens is 240 g/mol. The largest absolute Gasteiger partial charge is 0.478 e. The SMILES string of the molecule is CO[C@@H](C)c1c(C(=O)O)cnc2sc(C)nc12. The fourth-order valence-corrected chi connectivity index (χ4v) is 2.47. The van der Waals surface area contributed by atoms with E-state index < -0.39 is 5.97 Å². The molecular formula is C11H12N2O3S. The van der Waals surface area contributed by atoms with Crippen LogP contribution in [0, 0.1) is 6.92 Å². The van der Waals surface area contributed by atoms with Crippen molar-refractivity contribution in [3.8, 4) is 0 Å². The molecule has 6 heteroatoms. The zero-order valence-electron chi connectivity index (χ0n) is 9.72. The maximum absolute atomic E-state index is 11.2. The Bertz CT molecular complexity index is 579. The number of rotatable bonds is 3. The van der Waals surface area contributed by atoms with Gasteiger partial charge in [-0.25, -0.2) is 14.8 Å². The predicted octanol–water partition coefficient (Wildman–Crippen LogP) is 2.41. The third-order valence-corrected chi connectivity index (χ3v) is 3.44. The Labute approximate surface area is 102 Å². The Morgan fingerprint density at radius 1 is 1.59 bits per heavy atom. The molecule has 90 valence electrons. The molecule has 1 atom stereocenters. The molecule has 2 aromatic heterocycles. The van der Waals surface area contributed by atoms with E-state index in [0.717, 1.165) is 9.84 Å². The molecule has 0 amide bonds. The molecule has 0 bridgehead atoms. The highest BCUT2D eigenvalue weighted by Crippen LogP contribution is 2.30. The number of hydrogen-bond acceptors (Lipinski definition) is 5. The second kappa shape index (κ2) is 4.38. The van der Waals surface area contributed by atoms with Gasteiger partial charge in [0.05, 0.1) is 16.7 Å². The van der Waals surface area contributed by atoms with Gasteiger partial charge < -0.3 is 9.84 Å². The number of aromatic nitrogens is 2. The highest BCUT2D eigenvalue weighted by Gasteiger charge is 2.21. The van der Waals surface area contributed by atoms with Crippen LogP contribution in [0.15, 0.2) is 6.20 Å². The van der Waals surface area contributed by atoms with Crippen LogP contribution in [0.4, 0.5) is 0 Å². The fourth-order valence-electron chi connectivity index (χ4n) is 1.70. The highest BCUT2D eigenvalue weighted by molar-refractivity contribution is 7.18. The van der Waals surface area contributed by atoms with Crippen molar-refractivity contribution < 1.29 is 14.6 Å². The summed E-state index contributed by atoms with van der Waals surface area (Å²) in [5.41, 5.74) is 1.37. The van der Waals surface area contributed by atoms with Gasteiger partial charge in [0.25, 0.3) is 0 Å². The number of carboxylic acid groups (broad SMARTS) is 1. The fraction of sp³-hybridized carbons (Fsp3) is 0.364. The topological polar surface area (TPSA) is 72.3 Å². The van der Waals surface area contributed by atoms with Crippen LogP contribution in [0.5, 0.6) is 0 Å². The summed E-state index contributed by atoms with van der Waals surface area (Å²) in [6.45, 7) is 3.67. The second-order valence-electron chi connectivity index (χ2n) is 3.66. The van der Waals surface area contributed by atoms with Crippen LogP contribution >= 0.6 is 11.3 Å². The summed E-state index contributed by atoms with van der Waals surface area (Å²) in [7, 11) is 1.54. The maximum atomic E-state index is 11.2. The third kappa shape index (κ3) is 2.01. The maximum Gasteiger partial charge on any atom is 0.337 e. The second-order valence-corrected chi connectivity index (χ2v) is 4.84. The smallest absolute Gasteiger partial charge is 0.337 e. The molecule has 0 radical (unpaired) electrons. The number of hydrogen-bond donors (Lipinski definition) is 1. The number of aryl methyl sites for hydroxylation is 1. The van der Waals surface area contributed by atoms with Crippen LogP contribution in [0.25, 0.3) is 10.3 Å². The van der Waals surface area contributed by atoms with Gasteiger partial charge in [0.2, 0.25) is 0 Å². The van der Waals surface area contributed by atoms with Crippen LogP contribution < -0.4 is 0 Å². The minimum absolute atomic E-state index is 0.150. The molecule has 5 nitrogen and oxygen atoms in total. The van der Waals surface area contributed by atoms with Gasteiger partial charge in [-0.2, -0.15) is 0 Å². The zero-order valence-corrected chi connectivity index (χ0v) is 10.5. The lowest BCUT2D eigenvalue weighted by molar-refractivity contribution is 0.0683. The molecule has 0 aromatic carbocycles. The van der Waals surface area contributed by atoms with Crippen molar-refractivity contribution in [1.29, 1.82) is 0 Å². The van der Waals surface area contributed by atoms with Gasteiger partial charge in [0.1, 0.15) is 10.3 Å². The van der Waals surface area contributed by atoms with Crippen LogP contribution in [0.3, 0.4) is 0 Å². The summed E-state index contributed by atoms with van der Waals surface area (Å²) in [5.74, 6) is -1.01. The zero-order chi connectivity index (χ0) is 12.6. The number of fused-ring (bicyclic) bond motifs is 1. The van der Waals surface area contributed by atoms with E-state index in [1.165, 1.54) is 17.5 Å². The van der Waals surface area contributed by atoms with E-state index in [4.69, 9.17) is 9.84 Å². The summed E-state index contributed by atoms with van der Waals surface area (Å²) >= 11 is 1.44. The Balaban J connectivity index is 2.78. The van der Waals surface area contributed by atoms with Gasteiger partial charge >= 0.3 is 5.97 Å². The molecule has 0 aliphatic heterocycles. The first-order chi connectivity index (χ1) is 8.04. The van der Waals surface area contributed by atoms with E-state index in [9.17, 15) is 4.79 Å². The number of carboxylic acids is 1. The molecule has 0 saturated carbocycles. The number of aromatic carboxylic acids is 1. The monoisotopic (exact) mass is 252 g/mol. The van der Waals surface area contributed by atoms with E-state index >= 15 is 0 Å². The average molecular weight is 252 g/mol. The van der Waals surface area contributed by atoms with Crippen molar-refractivity contribution in [2.45, 2.75) is 20.0 Å². The van der Waals surface area contributed by atoms with Gasteiger partial charge in [0, 0.05) is 18.9 Å². The quantitative estimate of drug-likeness (QED) is 0.908. The molecule has 0 saturated heterocycles. The molecule has 0 fully saturated rings. The Morgan fingerprint density at radius 3 is 2.88 bits per heavy atom. The molecule has 2 heterocycles. The summed E-state index contributed by atoms with van der Waals surface area (Å²) in [4.78, 5) is 20.4. The van der Waals surface area contributed by atoms with Crippen molar-refractivity contribution in [1.82, 2.24) is 9.97 Å². The molecule has 1 N–H and O–H groups in total. The molecule has 0 aliphatic carbocycles. The van der Waals surface area contributed by atoms with Gasteiger partial charge in [0.15, 0.2) is 0 Å². The molecule has 0 aliphatic rings. The minimum atomic E-state index is -1.01. The Morgan fingerprint density at radius 2 is 2.29 bits per heavy atom. The van der Waals surface area contributed by atoms with Crippen LogP contribution in [0.1, 0.15) is 34.0 Å². The molecule has 17 heavy (non-hydrogen) atoms. The van der Waals surface area contributed by atoms with E-state index in [1.807, 2.05) is 6.92 Å². The van der Waals surface area contributed by atoms with E-state index in [-0.39, 0.29) is 11.7 Å². The molecule has 2 aromatic rings. The molecule has 0 spiro atoms. The first-order valence-electron chi connectivity index (χ1n) is 5.06. The molecule has 2 rings (SSSR count). The lowest BCUT2D eigenvalue weighted by Crippen LogP contribution is -2.08. The lowest BCUT2D eigenvalue weighted by atomic mass is 10.0. The number of pyridine rings is 1.